The zero-order chi connectivity index (χ0) is 12.4. The Morgan fingerprint density at radius 1 is 1.47 bits per heavy atom. The molecule has 1 N–H and O–H groups in total. The molecule has 2 heterocycles. The number of hydrogen-bond donors (Lipinski definition) is 1. The molecule has 1 aromatic rings. The minimum Gasteiger partial charge on any atom is -0.330 e. The van der Waals surface area contributed by atoms with Gasteiger partial charge in [-0.2, -0.15) is 0 Å². The molecule has 5 nitrogen and oxygen atoms in total. The summed E-state index contributed by atoms with van der Waals surface area (Å²) in [6.07, 6.45) is 1.94. The minimum atomic E-state index is -0.608. The summed E-state index contributed by atoms with van der Waals surface area (Å²) in [4.78, 5) is 28.8. The Morgan fingerprint density at radius 3 is 2.88 bits per heavy atom. The van der Waals surface area contributed by atoms with Crippen LogP contribution in [0, 0.1) is 0 Å². The first kappa shape index (κ1) is 11.6. The van der Waals surface area contributed by atoms with E-state index in [1.165, 1.54) is 13.8 Å². The highest BCUT2D eigenvalue weighted by atomic mass is 16.2. The van der Waals surface area contributed by atoms with Gasteiger partial charge in [0, 0.05) is 19.7 Å². The minimum absolute atomic E-state index is 0.0845. The molecule has 5 heteroatoms. The molecule has 0 bridgehead atoms. The molecule has 17 heavy (non-hydrogen) atoms. The third-order valence-corrected chi connectivity index (χ3v) is 2.80. The molecule has 0 saturated heterocycles. The van der Waals surface area contributed by atoms with Crippen LogP contribution in [0.4, 0.5) is 5.82 Å². The fourth-order valence-corrected chi connectivity index (χ4v) is 2.07. The Kier molecular flexibility index (Phi) is 3.08. The van der Waals surface area contributed by atoms with Crippen LogP contribution in [0.5, 0.6) is 0 Å². The molecule has 2 rings (SSSR count). The van der Waals surface area contributed by atoms with E-state index in [-0.39, 0.29) is 11.7 Å². The van der Waals surface area contributed by atoms with E-state index in [4.69, 9.17) is 0 Å². The smallest absolute Gasteiger partial charge is 0.218 e. The van der Waals surface area contributed by atoms with Crippen molar-refractivity contribution in [3.63, 3.8) is 0 Å². The van der Waals surface area contributed by atoms with E-state index in [9.17, 15) is 9.59 Å². The molecular weight excluding hydrogens is 218 g/mol. The predicted octanol–water partition coefficient (Wildman–Crippen LogP) is 0.495. The van der Waals surface area contributed by atoms with Gasteiger partial charge in [0.15, 0.2) is 11.9 Å². The molecular formula is C12H15N3O2. The van der Waals surface area contributed by atoms with Crippen molar-refractivity contribution in [2.24, 2.45) is 0 Å². The molecule has 1 aliphatic rings. The Hall–Kier alpha value is -1.91. The lowest BCUT2D eigenvalue weighted by Crippen LogP contribution is -2.51. The quantitative estimate of drug-likeness (QED) is 0.825. The van der Waals surface area contributed by atoms with Gasteiger partial charge in [-0.1, -0.05) is 6.07 Å². The van der Waals surface area contributed by atoms with Crippen LogP contribution in [-0.2, 0) is 16.0 Å². The van der Waals surface area contributed by atoms with Gasteiger partial charge in [0.1, 0.15) is 5.82 Å². The van der Waals surface area contributed by atoms with Crippen molar-refractivity contribution in [1.82, 2.24) is 10.3 Å². The first-order chi connectivity index (χ1) is 8.09. The number of aromatic nitrogens is 1. The number of nitrogens with zero attached hydrogens (tertiary/aromatic N) is 2. The van der Waals surface area contributed by atoms with E-state index in [2.05, 4.69) is 10.3 Å². The van der Waals surface area contributed by atoms with E-state index >= 15 is 0 Å². The number of carbonyl (C=O) groups excluding carboxylic acids is 2. The first-order valence-corrected chi connectivity index (χ1v) is 5.57. The molecule has 90 valence electrons. The molecule has 1 atom stereocenters. The lowest BCUT2D eigenvalue weighted by molar-refractivity contribution is -0.125. The normalized spacial score (nSPS) is 15.3. The van der Waals surface area contributed by atoms with Crippen LogP contribution >= 0.6 is 0 Å². The van der Waals surface area contributed by atoms with Crippen molar-refractivity contribution in [1.29, 1.82) is 0 Å². The average molecular weight is 233 g/mol. The Balaban J connectivity index is 2.27. The number of hydrogen-bond acceptors (Lipinski definition) is 4. The van der Waals surface area contributed by atoms with Gasteiger partial charge in [-0.25, -0.2) is 4.98 Å². The Morgan fingerprint density at radius 2 is 2.24 bits per heavy atom. The summed E-state index contributed by atoms with van der Waals surface area (Å²) in [7, 11) is 0. The highest BCUT2D eigenvalue weighted by molar-refractivity contribution is 5.89. The molecule has 0 radical (unpaired) electrons. The topological polar surface area (TPSA) is 62.3 Å². The second kappa shape index (κ2) is 4.53. The number of anilines is 1. The van der Waals surface area contributed by atoms with Crippen LogP contribution in [0.25, 0.3) is 0 Å². The van der Waals surface area contributed by atoms with Crippen molar-refractivity contribution in [2.75, 3.05) is 11.4 Å². The molecule has 0 spiro atoms. The molecule has 0 aromatic carbocycles. The predicted molar refractivity (Wildman–Crippen MR) is 63.6 cm³/mol. The van der Waals surface area contributed by atoms with E-state index in [0.717, 1.165) is 17.8 Å². The number of rotatable bonds is 3. The van der Waals surface area contributed by atoms with Gasteiger partial charge in [-0.3, -0.25) is 9.59 Å². The molecule has 0 saturated carbocycles. The standard InChI is InChI=1S/C12H15N3O2/c1-8(16)11(14-9(2)17)15-7-5-10-4-3-6-13-12(10)15/h3-4,6,11H,5,7H2,1-2H3,(H,14,17). The number of nitrogens with one attached hydrogen (secondary N) is 1. The number of pyridine rings is 1. The van der Waals surface area contributed by atoms with Gasteiger partial charge in [-0.05, 0) is 25.0 Å². The number of fused-ring (bicyclic) bond motifs is 1. The summed E-state index contributed by atoms with van der Waals surface area (Å²) in [6.45, 7) is 3.59. The van der Waals surface area contributed by atoms with Crippen molar-refractivity contribution in [3.05, 3.63) is 23.9 Å². The summed E-state index contributed by atoms with van der Waals surface area (Å²) in [5.74, 6) is 0.495. The fraction of sp³-hybridized carbons (Fsp3) is 0.417. The van der Waals surface area contributed by atoms with Gasteiger partial charge < -0.3 is 10.2 Å². The fourth-order valence-electron chi connectivity index (χ4n) is 2.07. The molecule has 1 unspecified atom stereocenters. The second-order valence-corrected chi connectivity index (χ2v) is 4.14. The van der Waals surface area contributed by atoms with Crippen LogP contribution in [0.15, 0.2) is 18.3 Å². The van der Waals surface area contributed by atoms with Crippen LogP contribution in [0.1, 0.15) is 19.4 Å². The van der Waals surface area contributed by atoms with E-state index in [1.807, 2.05) is 17.0 Å². The van der Waals surface area contributed by atoms with Crippen molar-refractivity contribution >= 4 is 17.5 Å². The second-order valence-electron chi connectivity index (χ2n) is 4.14. The van der Waals surface area contributed by atoms with Gasteiger partial charge in [0.05, 0.1) is 0 Å². The molecule has 0 aliphatic carbocycles. The van der Waals surface area contributed by atoms with Crippen molar-refractivity contribution in [3.8, 4) is 0 Å². The highest BCUT2D eigenvalue weighted by Gasteiger charge is 2.30. The number of carbonyl (C=O) groups is 2. The maximum Gasteiger partial charge on any atom is 0.218 e. The maximum atomic E-state index is 11.6. The average Bonchev–Trinajstić information content (AvgIpc) is 2.69. The van der Waals surface area contributed by atoms with Gasteiger partial charge in [0.2, 0.25) is 5.91 Å². The van der Waals surface area contributed by atoms with E-state index in [0.29, 0.717) is 6.54 Å². The molecule has 1 amide bonds. The number of amides is 1. The highest BCUT2D eigenvalue weighted by Crippen LogP contribution is 2.26. The van der Waals surface area contributed by atoms with Crippen LogP contribution in [0.3, 0.4) is 0 Å². The van der Waals surface area contributed by atoms with Gasteiger partial charge in [-0.15, -0.1) is 0 Å². The van der Waals surface area contributed by atoms with Crippen LogP contribution in [-0.4, -0.2) is 29.4 Å². The largest absolute Gasteiger partial charge is 0.330 e. The molecule has 0 fully saturated rings. The number of Topliss-reactive ketones (excluding diaryl/α,β-unsaturated/α-hetero) is 1. The Labute approximate surface area is 99.8 Å². The summed E-state index contributed by atoms with van der Waals surface area (Å²) in [5, 5.41) is 2.66. The lowest BCUT2D eigenvalue weighted by atomic mass is 10.2. The van der Waals surface area contributed by atoms with Crippen molar-refractivity contribution in [2.45, 2.75) is 26.4 Å². The zero-order valence-corrected chi connectivity index (χ0v) is 9.93. The van der Waals surface area contributed by atoms with E-state index in [1.54, 1.807) is 6.20 Å². The van der Waals surface area contributed by atoms with Gasteiger partial charge >= 0.3 is 0 Å². The molecule has 1 aliphatic heterocycles. The van der Waals surface area contributed by atoms with E-state index < -0.39 is 6.17 Å². The van der Waals surface area contributed by atoms with Gasteiger partial charge in [0.25, 0.3) is 0 Å². The Bertz CT molecular complexity index is 459. The zero-order valence-electron chi connectivity index (χ0n) is 9.93. The lowest BCUT2D eigenvalue weighted by Gasteiger charge is -2.27. The first-order valence-electron chi connectivity index (χ1n) is 5.57. The third-order valence-electron chi connectivity index (χ3n) is 2.80. The summed E-state index contributed by atoms with van der Waals surface area (Å²) < 4.78 is 0. The summed E-state index contributed by atoms with van der Waals surface area (Å²) in [5.41, 5.74) is 1.11. The van der Waals surface area contributed by atoms with Crippen LogP contribution < -0.4 is 10.2 Å². The summed E-state index contributed by atoms with van der Waals surface area (Å²) in [6, 6.07) is 3.87. The SMILES string of the molecule is CC(=O)NC(C(C)=O)N1CCc2cccnc21. The third kappa shape index (κ3) is 2.27. The number of ketones is 1. The monoisotopic (exact) mass is 233 g/mol. The molecule has 1 aromatic heterocycles. The van der Waals surface area contributed by atoms with Crippen LogP contribution in [0.2, 0.25) is 0 Å². The maximum absolute atomic E-state index is 11.6. The summed E-state index contributed by atoms with van der Waals surface area (Å²) >= 11 is 0. The van der Waals surface area contributed by atoms with Crippen molar-refractivity contribution < 1.29 is 9.59 Å².